The van der Waals surface area contributed by atoms with E-state index in [2.05, 4.69) is 28.7 Å². The first-order valence-corrected chi connectivity index (χ1v) is 9.72. The van der Waals surface area contributed by atoms with E-state index in [1.54, 1.807) is 21.3 Å². The lowest BCUT2D eigenvalue weighted by molar-refractivity contribution is -0.142. The molecule has 156 valence electrons. The number of rotatable bonds is 14. The molecule has 7 nitrogen and oxygen atoms in total. The van der Waals surface area contributed by atoms with E-state index in [1.807, 2.05) is 26.0 Å². The molecule has 0 N–H and O–H groups in total. The van der Waals surface area contributed by atoms with Crippen LogP contribution in [0.15, 0.2) is 16.6 Å². The highest BCUT2D eigenvalue weighted by Crippen LogP contribution is 2.35. The summed E-state index contributed by atoms with van der Waals surface area (Å²) in [5, 5.41) is 0. The lowest BCUT2D eigenvalue weighted by Crippen LogP contribution is -2.29. The van der Waals surface area contributed by atoms with E-state index in [0.29, 0.717) is 44.7 Å². The zero-order chi connectivity index (χ0) is 20.3. The van der Waals surface area contributed by atoms with Crippen molar-refractivity contribution in [3.8, 4) is 11.5 Å². The number of ether oxygens (including phenoxy) is 5. The van der Waals surface area contributed by atoms with E-state index in [9.17, 15) is 0 Å². The molecule has 0 heterocycles. The van der Waals surface area contributed by atoms with Crippen LogP contribution in [0.3, 0.4) is 0 Å². The molecule has 0 saturated carbocycles. The number of hydroxylamine groups is 1. The van der Waals surface area contributed by atoms with E-state index in [-0.39, 0.29) is 5.60 Å². The summed E-state index contributed by atoms with van der Waals surface area (Å²) in [6.45, 7) is 6.22. The Labute approximate surface area is 175 Å². The van der Waals surface area contributed by atoms with E-state index in [4.69, 9.17) is 28.5 Å². The molecule has 27 heavy (non-hydrogen) atoms. The fraction of sp³-hybridized carbons (Fsp3) is 0.667. The van der Waals surface area contributed by atoms with Crippen LogP contribution in [-0.4, -0.2) is 58.0 Å². The minimum absolute atomic E-state index is 0.296. The maximum absolute atomic E-state index is 5.88. The van der Waals surface area contributed by atoms with Gasteiger partial charge in [-0.25, -0.2) is 0 Å². The van der Waals surface area contributed by atoms with Gasteiger partial charge in [0.2, 0.25) is 0 Å². The molecular formula is C18H30BrNO6S. The zero-order valence-corrected chi connectivity index (χ0v) is 19.1. The first kappa shape index (κ1) is 24.5. The molecule has 0 fully saturated rings. The zero-order valence-electron chi connectivity index (χ0n) is 16.6. The summed E-state index contributed by atoms with van der Waals surface area (Å²) in [7, 11) is 4.82. The van der Waals surface area contributed by atoms with Crippen molar-refractivity contribution >= 4 is 28.7 Å². The van der Waals surface area contributed by atoms with Gasteiger partial charge in [-0.05, 0) is 47.5 Å². The van der Waals surface area contributed by atoms with Crippen LogP contribution in [0.25, 0.3) is 0 Å². The van der Waals surface area contributed by atoms with Crippen molar-refractivity contribution in [2.45, 2.75) is 32.5 Å². The fourth-order valence-electron chi connectivity index (χ4n) is 2.19. The Balaban J connectivity index is 2.31. The summed E-state index contributed by atoms with van der Waals surface area (Å²) in [6, 6.07) is 3.83. The van der Waals surface area contributed by atoms with Crippen molar-refractivity contribution in [3.05, 3.63) is 22.2 Å². The molecule has 0 aliphatic rings. The molecule has 0 bridgehead atoms. The maximum atomic E-state index is 5.88. The van der Waals surface area contributed by atoms with E-state index in [1.165, 1.54) is 4.47 Å². The summed E-state index contributed by atoms with van der Waals surface area (Å²) in [6.07, 6.45) is 0.717. The summed E-state index contributed by atoms with van der Waals surface area (Å²) in [4.78, 5) is 5.39. The highest BCUT2D eigenvalue weighted by atomic mass is 79.9. The van der Waals surface area contributed by atoms with E-state index < -0.39 is 0 Å². The molecule has 0 amide bonds. The average Bonchev–Trinajstić information content (AvgIpc) is 2.62. The summed E-state index contributed by atoms with van der Waals surface area (Å²) in [5.74, 6) is 1.41. The van der Waals surface area contributed by atoms with Crippen molar-refractivity contribution in [1.82, 2.24) is 4.47 Å². The van der Waals surface area contributed by atoms with Crippen LogP contribution in [-0.2, 0) is 25.7 Å². The van der Waals surface area contributed by atoms with Crippen molar-refractivity contribution in [2.24, 2.45) is 0 Å². The van der Waals surface area contributed by atoms with Crippen LogP contribution < -0.4 is 9.47 Å². The van der Waals surface area contributed by atoms with Crippen LogP contribution in [0, 0.1) is 0 Å². The van der Waals surface area contributed by atoms with Crippen LogP contribution in [0.5, 0.6) is 11.5 Å². The van der Waals surface area contributed by atoms with Crippen LogP contribution in [0.4, 0.5) is 0 Å². The quantitative estimate of drug-likeness (QED) is 0.193. The Morgan fingerprint density at radius 1 is 1.04 bits per heavy atom. The molecule has 1 aromatic carbocycles. The third-order valence-corrected chi connectivity index (χ3v) is 4.69. The highest BCUT2D eigenvalue weighted by Gasteiger charge is 2.18. The van der Waals surface area contributed by atoms with Gasteiger partial charge in [-0.1, -0.05) is 12.8 Å². The number of thiol groups is 1. The van der Waals surface area contributed by atoms with Gasteiger partial charge in [0.1, 0.15) is 22.7 Å². The second-order valence-corrected chi connectivity index (χ2v) is 7.57. The second kappa shape index (κ2) is 12.8. The van der Waals surface area contributed by atoms with Gasteiger partial charge in [0.15, 0.2) is 0 Å². The standard InChI is InChI=1S/C18H30BrNO6S/c1-18(2,6-7-26-20(27)13-21-3)25-9-8-24-12-14-10-15(22-4)17(19)16(11-14)23-5/h10-11,27H,6-9,12-13H2,1-5H3. The van der Waals surface area contributed by atoms with Gasteiger partial charge in [-0.2, -0.15) is 0 Å². The third-order valence-electron chi connectivity index (χ3n) is 3.68. The van der Waals surface area contributed by atoms with E-state index in [0.717, 1.165) is 16.5 Å². The molecule has 0 aliphatic carbocycles. The highest BCUT2D eigenvalue weighted by molar-refractivity contribution is 9.10. The number of hydrogen-bond donors (Lipinski definition) is 1. The molecular weight excluding hydrogens is 438 g/mol. The van der Waals surface area contributed by atoms with E-state index >= 15 is 0 Å². The van der Waals surface area contributed by atoms with Gasteiger partial charge in [0.25, 0.3) is 0 Å². The Bertz CT molecular complexity index is 536. The monoisotopic (exact) mass is 467 g/mol. The number of methoxy groups -OCH3 is 3. The number of hydrogen-bond acceptors (Lipinski definition) is 8. The summed E-state index contributed by atoms with van der Waals surface area (Å²) in [5.41, 5.74) is 0.640. The molecule has 0 aromatic heterocycles. The Kier molecular flexibility index (Phi) is 11.6. The van der Waals surface area contributed by atoms with Crippen LogP contribution >= 0.6 is 28.7 Å². The molecule has 0 spiro atoms. The minimum atomic E-state index is -0.324. The molecule has 9 heteroatoms. The number of nitrogens with zero attached hydrogens (tertiary/aromatic N) is 1. The SMILES string of the molecule is COCN(S)OCCC(C)(C)OCCOCc1cc(OC)c(Br)c(OC)c1. The summed E-state index contributed by atoms with van der Waals surface area (Å²) >= 11 is 7.56. The van der Waals surface area contributed by atoms with Gasteiger partial charge >= 0.3 is 0 Å². The first-order chi connectivity index (χ1) is 12.8. The Morgan fingerprint density at radius 3 is 2.22 bits per heavy atom. The van der Waals surface area contributed by atoms with Gasteiger partial charge in [0.05, 0.1) is 46.2 Å². The molecule has 0 atom stereocenters. The smallest absolute Gasteiger partial charge is 0.137 e. The molecule has 1 rings (SSSR count). The topological polar surface area (TPSA) is 58.6 Å². The molecule has 1 aromatic rings. The molecule has 0 radical (unpaired) electrons. The fourth-order valence-corrected chi connectivity index (χ4v) is 2.94. The molecule has 0 saturated heterocycles. The second-order valence-electron chi connectivity index (χ2n) is 6.33. The van der Waals surface area contributed by atoms with Crippen LogP contribution in [0.2, 0.25) is 0 Å². The maximum Gasteiger partial charge on any atom is 0.137 e. The lowest BCUT2D eigenvalue weighted by atomic mass is 10.1. The normalized spacial score (nSPS) is 11.9. The van der Waals surface area contributed by atoms with Gasteiger partial charge in [0, 0.05) is 13.5 Å². The number of halogens is 1. The third kappa shape index (κ3) is 9.47. The van der Waals surface area contributed by atoms with Crippen LogP contribution in [0.1, 0.15) is 25.8 Å². The predicted octanol–water partition coefficient (Wildman–Crippen LogP) is 3.85. The average molecular weight is 468 g/mol. The lowest BCUT2D eigenvalue weighted by Gasteiger charge is -2.26. The minimum Gasteiger partial charge on any atom is -0.495 e. The van der Waals surface area contributed by atoms with Gasteiger partial charge in [-0.15, -0.1) is 4.47 Å². The van der Waals surface area contributed by atoms with Gasteiger partial charge < -0.3 is 23.7 Å². The first-order valence-electron chi connectivity index (χ1n) is 8.53. The molecule has 0 unspecified atom stereocenters. The molecule has 0 aliphatic heterocycles. The van der Waals surface area contributed by atoms with Crippen molar-refractivity contribution < 1.29 is 28.5 Å². The van der Waals surface area contributed by atoms with Crippen molar-refractivity contribution in [2.75, 3.05) is 47.9 Å². The van der Waals surface area contributed by atoms with Crippen molar-refractivity contribution in [3.63, 3.8) is 0 Å². The van der Waals surface area contributed by atoms with Crippen molar-refractivity contribution in [1.29, 1.82) is 0 Å². The summed E-state index contributed by atoms with van der Waals surface area (Å²) < 4.78 is 29.3. The number of benzene rings is 1. The van der Waals surface area contributed by atoms with Gasteiger partial charge in [-0.3, -0.25) is 4.84 Å². The Morgan fingerprint density at radius 2 is 1.67 bits per heavy atom. The predicted molar refractivity (Wildman–Crippen MR) is 110 cm³/mol. The largest absolute Gasteiger partial charge is 0.495 e. The Hall–Kier alpha value is -0.550.